The molecule has 0 N–H and O–H groups in total. The molecule has 2 rings (SSSR count). The predicted molar refractivity (Wildman–Crippen MR) is 94.2 cm³/mol. The van der Waals surface area contributed by atoms with Crippen LogP contribution in [0.1, 0.15) is 45.2 Å². The van der Waals surface area contributed by atoms with Crippen molar-refractivity contribution in [3.63, 3.8) is 0 Å². The molecule has 0 aliphatic heterocycles. The molecular weight excluding hydrogens is 304 g/mol. The molecule has 0 unspecified atom stereocenters. The van der Waals surface area contributed by atoms with E-state index in [0.29, 0.717) is 19.0 Å². The van der Waals surface area contributed by atoms with E-state index < -0.39 is 0 Å². The molecule has 0 fully saturated rings. The van der Waals surface area contributed by atoms with Gasteiger partial charge in [0, 0.05) is 12.7 Å². The van der Waals surface area contributed by atoms with Gasteiger partial charge in [0.15, 0.2) is 0 Å². The van der Waals surface area contributed by atoms with E-state index in [4.69, 9.17) is 9.47 Å². The maximum absolute atomic E-state index is 12.1. The quantitative estimate of drug-likeness (QED) is 0.729. The molecule has 130 valence electrons. The molecule has 5 nitrogen and oxygen atoms in total. The molecule has 0 atom stereocenters. The lowest BCUT2D eigenvalue weighted by Gasteiger charge is -2.20. The summed E-state index contributed by atoms with van der Waals surface area (Å²) in [6, 6.07) is 9.56. The minimum Gasteiger partial charge on any atom is -0.487 e. The Balaban J connectivity index is 1.94. The molecule has 0 spiro atoms. The Bertz CT molecular complexity index is 700. The average Bonchev–Trinajstić information content (AvgIpc) is 2.53. The summed E-state index contributed by atoms with van der Waals surface area (Å²) in [6.45, 7) is 9.71. The van der Waals surface area contributed by atoms with Crippen molar-refractivity contribution < 1.29 is 9.47 Å². The third-order valence-corrected chi connectivity index (χ3v) is 3.46. The van der Waals surface area contributed by atoms with E-state index in [1.807, 2.05) is 45.0 Å². The molecule has 0 saturated carbocycles. The van der Waals surface area contributed by atoms with Crippen molar-refractivity contribution in [2.45, 2.75) is 52.9 Å². The highest BCUT2D eigenvalue weighted by Gasteiger charge is 2.16. The third kappa shape index (κ3) is 5.20. The fourth-order valence-corrected chi connectivity index (χ4v) is 2.21. The molecule has 2 aromatic rings. The van der Waals surface area contributed by atoms with Gasteiger partial charge in [-0.2, -0.15) is 5.10 Å². The Kier molecular flexibility index (Phi) is 6.15. The molecule has 0 radical (unpaired) electrons. The minimum absolute atomic E-state index is 0.163. The smallest absolute Gasteiger partial charge is 0.270 e. The van der Waals surface area contributed by atoms with Crippen molar-refractivity contribution in [1.82, 2.24) is 9.78 Å². The Morgan fingerprint density at radius 2 is 1.71 bits per heavy atom. The van der Waals surface area contributed by atoms with Crippen molar-refractivity contribution in [2.24, 2.45) is 0 Å². The van der Waals surface area contributed by atoms with Gasteiger partial charge in [-0.05, 0) is 38.3 Å². The second-order valence-corrected chi connectivity index (χ2v) is 6.77. The zero-order chi connectivity index (χ0) is 17.6. The zero-order valence-electron chi connectivity index (χ0n) is 14.9. The number of hydrogen-bond donors (Lipinski definition) is 0. The van der Waals surface area contributed by atoms with Crippen molar-refractivity contribution in [3.8, 4) is 5.75 Å². The van der Waals surface area contributed by atoms with Crippen LogP contribution in [0.5, 0.6) is 5.75 Å². The number of hydrogen-bond acceptors (Lipinski definition) is 4. The molecule has 1 heterocycles. The monoisotopic (exact) mass is 330 g/mol. The second-order valence-electron chi connectivity index (χ2n) is 6.77. The van der Waals surface area contributed by atoms with Gasteiger partial charge in [0.25, 0.3) is 5.56 Å². The molecule has 1 aromatic heterocycles. The predicted octanol–water partition coefficient (Wildman–Crippen LogP) is 3.50. The van der Waals surface area contributed by atoms with Crippen LogP contribution in [0.15, 0.2) is 41.3 Å². The van der Waals surface area contributed by atoms with E-state index >= 15 is 0 Å². The van der Waals surface area contributed by atoms with Crippen molar-refractivity contribution in [1.29, 1.82) is 0 Å². The molecule has 1 aromatic carbocycles. The lowest BCUT2D eigenvalue weighted by atomic mass is 10.1. The van der Waals surface area contributed by atoms with Crippen LogP contribution in [0.2, 0.25) is 0 Å². The third-order valence-electron chi connectivity index (χ3n) is 3.46. The molecule has 0 aliphatic rings. The zero-order valence-corrected chi connectivity index (χ0v) is 14.9. The molecule has 24 heavy (non-hydrogen) atoms. The molecule has 0 amide bonds. The Morgan fingerprint density at radius 1 is 1.08 bits per heavy atom. The van der Waals surface area contributed by atoms with Gasteiger partial charge in [0.2, 0.25) is 0 Å². The summed E-state index contributed by atoms with van der Waals surface area (Å²) in [4.78, 5) is 12.1. The summed E-state index contributed by atoms with van der Waals surface area (Å²) in [6.07, 6.45) is 2.60. The summed E-state index contributed by atoms with van der Waals surface area (Å²) < 4.78 is 12.6. The van der Waals surface area contributed by atoms with Crippen molar-refractivity contribution >= 4 is 0 Å². The first-order chi connectivity index (χ1) is 11.4. The molecule has 5 heteroatoms. The van der Waals surface area contributed by atoms with Gasteiger partial charge in [0.1, 0.15) is 12.4 Å². The van der Waals surface area contributed by atoms with E-state index in [0.717, 1.165) is 24.2 Å². The first-order valence-corrected chi connectivity index (χ1v) is 8.28. The van der Waals surface area contributed by atoms with Gasteiger partial charge in [-0.25, -0.2) is 4.68 Å². The summed E-state index contributed by atoms with van der Waals surface area (Å²) in [5.41, 5.74) is 1.67. The average molecular weight is 330 g/mol. The normalized spacial score (nSPS) is 11.5. The van der Waals surface area contributed by atoms with Crippen LogP contribution in [0.25, 0.3) is 0 Å². The van der Waals surface area contributed by atoms with Crippen molar-refractivity contribution in [3.05, 3.63) is 58.0 Å². The summed E-state index contributed by atoms with van der Waals surface area (Å²) >= 11 is 0. The van der Waals surface area contributed by atoms with Crippen molar-refractivity contribution in [2.75, 3.05) is 6.61 Å². The van der Waals surface area contributed by atoms with E-state index in [9.17, 15) is 4.79 Å². The molecule has 0 aliphatic carbocycles. The highest BCUT2D eigenvalue weighted by Crippen LogP contribution is 2.13. The highest BCUT2D eigenvalue weighted by molar-refractivity contribution is 5.22. The van der Waals surface area contributed by atoms with Gasteiger partial charge in [0.05, 0.1) is 18.3 Å². The molecule has 0 bridgehead atoms. The Hall–Kier alpha value is -2.14. The number of ether oxygens (including phenoxy) is 2. The number of rotatable bonds is 7. The largest absolute Gasteiger partial charge is 0.487 e. The number of nitrogens with zero attached hydrogens (tertiary/aromatic N) is 2. The van der Waals surface area contributed by atoms with Gasteiger partial charge in [-0.15, -0.1) is 0 Å². The fourth-order valence-electron chi connectivity index (χ4n) is 2.21. The first kappa shape index (κ1) is 18.2. The molecule has 0 saturated heterocycles. The maximum Gasteiger partial charge on any atom is 0.270 e. The lowest BCUT2D eigenvalue weighted by molar-refractivity contribution is 0.121. The molecular formula is C19H26N2O3. The first-order valence-electron chi connectivity index (χ1n) is 8.28. The second kappa shape index (κ2) is 8.11. The Labute approximate surface area is 143 Å². The minimum atomic E-state index is -0.342. The van der Waals surface area contributed by atoms with Crippen LogP contribution in [0.3, 0.4) is 0 Å². The maximum atomic E-state index is 12.1. The lowest BCUT2D eigenvalue weighted by Crippen LogP contribution is -2.35. The summed E-state index contributed by atoms with van der Waals surface area (Å²) in [5, 5.41) is 4.18. The van der Waals surface area contributed by atoms with E-state index in [2.05, 4.69) is 12.0 Å². The topological polar surface area (TPSA) is 53.4 Å². The van der Waals surface area contributed by atoms with Gasteiger partial charge in [-0.1, -0.05) is 31.2 Å². The standard InChI is InChI=1S/C19H26N2O3/c1-5-10-23-13-15-6-8-16(9-7-15)14-24-17-11-18(22)21(20-12-17)19(2,3)4/h6-9,11-12H,5,10,13-14H2,1-4H3. The van der Waals surface area contributed by atoms with Crippen LogP contribution in [-0.4, -0.2) is 16.4 Å². The summed E-state index contributed by atoms with van der Waals surface area (Å²) in [7, 11) is 0. The van der Waals surface area contributed by atoms with Gasteiger partial charge in [-0.3, -0.25) is 4.79 Å². The summed E-state index contributed by atoms with van der Waals surface area (Å²) in [5.74, 6) is 0.482. The number of aromatic nitrogens is 2. The van der Waals surface area contributed by atoms with E-state index in [1.54, 1.807) is 6.20 Å². The van der Waals surface area contributed by atoms with E-state index in [-0.39, 0.29) is 11.1 Å². The number of benzene rings is 1. The fraction of sp³-hybridized carbons (Fsp3) is 0.474. The van der Waals surface area contributed by atoms with Crippen LogP contribution in [-0.2, 0) is 23.5 Å². The van der Waals surface area contributed by atoms with Crippen LogP contribution < -0.4 is 10.3 Å². The highest BCUT2D eigenvalue weighted by atomic mass is 16.5. The van der Waals surface area contributed by atoms with Crippen LogP contribution >= 0.6 is 0 Å². The van der Waals surface area contributed by atoms with Gasteiger partial charge < -0.3 is 9.47 Å². The Morgan fingerprint density at radius 3 is 2.25 bits per heavy atom. The SMILES string of the molecule is CCCOCc1ccc(COc2cnn(C(C)(C)C)c(=O)c2)cc1. The van der Waals surface area contributed by atoms with Gasteiger partial charge >= 0.3 is 0 Å². The van der Waals surface area contributed by atoms with E-state index in [1.165, 1.54) is 10.7 Å². The van der Waals surface area contributed by atoms with Crippen LogP contribution in [0.4, 0.5) is 0 Å². The van der Waals surface area contributed by atoms with Crippen LogP contribution in [0, 0.1) is 0 Å².